The molecule has 0 amide bonds. The average molecular weight is 500 g/mol. The minimum absolute atomic E-state index is 0.00389. The molecule has 0 spiro atoms. The van der Waals surface area contributed by atoms with E-state index in [9.17, 15) is 14.7 Å². The fraction of sp³-hybridized carbons (Fsp3) is 0.773. The zero-order chi connectivity index (χ0) is 25.6. The van der Waals surface area contributed by atoms with Crippen LogP contribution in [0.4, 0.5) is 5.82 Å². The molecule has 1 aromatic heterocycles. The number of carbonyl (C=O) groups is 1. The Balaban J connectivity index is 2.44. The van der Waals surface area contributed by atoms with Crippen LogP contribution in [0, 0.1) is 0 Å². The molecule has 0 aromatic carbocycles. The molecule has 0 saturated carbocycles. The third-order valence-corrected chi connectivity index (χ3v) is 16.3. The first-order chi connectivity index (χ1) is 14.8. The van der Waals surface area contributed by atoms with Crippen LogP contribution in [0.3, 0.4) is 0 Å². The van der Waals surface area contributed by atoms with Gasteiger partial charge < -0.3 is 24.4 Å². The largest absolute Gasteiger partial charge is 0.414 e. The normalized spacial score (nSPS) is 24.8. The van der Waals surface area contributed by atoms with Crippen molar-refractivity contribution in [3.8, 4) is 0 Å². The Morgan fingerprint density at radius 2 is 1.70 bits per heavy atom. The van der Waals surface area contributed by atoms with Crippen LogP contribution in [0.1, 0.15) is 58.1 Å². The third kappa shape index (κ3) is 5.83. The molecule has 33 heavy (non-hydrogen) atoms. The molecule has 2 rings (SSSR count). The predicted octanol–water partition coefficient (Wildman–Crippen LogP) is 3.31. The van der Waals surface area contributed by atoms with Crippen LogP contribution >= 0.6 is 0 Å². The number of anilines is 1. The molecule has 0 bridgehead atoms. The number of nitrogen functional groups attached to an aromatic ring is 1. The van der Waals surface area contributed by atoms with Crippen molar-refractivity contribution < 1.29 is 23.5 Å². The summed E-state index contributed by atoms with van der Waals surface area (Å²) in [6, 6.07) is 0. The number of aliphatic hydroxyl groups excluding tert-OH is 1. The predicted molar refractivity (Wildman–Crippen MR) is 133 cm³/mol. The fourth-order valence-corrected chi connectivity index (χ4v) is 5.36. The Bertz CT molecular complexity index is 920. The van der Waals surface area contributed by atoms with Crippen LogP contribution in [-0.2, 0) is 13.6 Å². The van der Waals surface area contributed by atoms with E-state index in [2.05, 4.69) is 72.7 Å². The topological polar surface area (TPSA) is 126 Å². The Morgan fingerprint density at radius 1 is 1.15 bits per heavy atom. The summed E-state index contributed by atoms with van der Waals surface area (Å²) in [6.07, 6.45) is -1.75. The number of ether oxygens (including phenoxy) is 1. The maximum Gasteiger partial charge on any atom is 0.351 e. The molecule has 188 valence electrons. The van der Waals surface area contributed by atoms with Gasteiger partial charge in [0.25, 0.3) is 0 Å². The van der Waals surface area contributed by atoms with E-state index in [-0.39, 0.29) is 28.1 Å². The molecule has 9 nitrogen and oxygen atoms in total. The van der Waals surface area contributed by atoms with E-state index in [1.165, 1.54) is 6.20 Å². The molecule has 11 heteroatoms. The van der Waals surface area contributed by atoms with Crippen LogP contribution < -0.4 is 11.4 Å². The maximum absolute atomic E-state index is 12.6. The number of rotatable bonds is 7. The summed E-state index contributed by atoms with van der Waals surface area (Å²) in [5.41, 5.74) is 5.00. The van der Waals surface area contributed by atoms with Crippen molar-refractivity contribution in [2.75, 3.05) is 12.3 Å². The monoisotopic (exact) mass is 499 g/mol. The molecule has 1 aliphatic rings. The number of aldehydes is 1. The molecule has 2 heterocycles. The highest BCUT2D eigenvalue weighted by Crippen LogP contribution is 2.42. The summed E-state index contributed by atoms with van der Waals surface area (Å²) in [7, 11) is -4.40. The third-order valence-electron chi connectivity index (χ3n) is 7.37. The van der Waals surface area contributed by atoms with Gasteiger partial charge in [-0.3, -0.25) is 9.36 Å². The van der Waals surface area contributed by atoms with Crippen molar-refractivity contribution >= 4 is 28.7 Å². The first-order valence-corrected chi connectivity index (χ1v) is 17.1. The molecule has 0 unspecified atom stereocenters. The van der Waals surface area contributed by atoms with Crippen molar-refractivity contribution in [1.29, 1.82) is 0 Å². The smallest absolute Gasteiger partial charge is 0.351 e. The summed E-state index contributed by atoms with van der Waals surface area (Å²) in [5.74, 6) is -0.161. The summed E-state index contributed by atoms with van der Waals surface area (Å²) in [5, 5.41) is 11.2. The Kier molecular flexibility index (Phi) is 7.89. The zero-order valence-electron chi connectivity index (χ0n) is 21.6. The number of nitrogens with two attached hydrogens (primary N) is 1. The molecule has 0 radical (unpaired) electrons. The standard InChI is InChI=1S/C22H41N3O6Si2/c1-21(2,3)32(7,8)29-13-15-17(31-33(9,10)22(4,5)6)16(27)19(30-15)25-11-14(12-26)18(23)24-20(25)28/h11-12,15-17,19,27H,13H2,1-10H3,(H2,23,24,28)/t15-,16-,17-,19-/m1/s1. The highest BCUT2D eigenvalue weighted by molar-refractivity contribution is 6.74. The van der Waals surface area contributed by atoms with E-state index in [1.54, 1.807) is 0 Å². The number of aromatic nitrogens is 2. The average Bonchev–Trinajstić information content (AvgIpc) is 2.94. The van der Waals surface area contributed by atoms with E-state index in [0.717, 1.165) is 4.57 Å². The lowest BCUT2D eigenvalue weighted by molar-refractivity contribution is -0.0528. The summed E-state index contributed by atoms with van der Waals surface area (Å²) in [4.78, 5) is 27.6. The fourth-order valence-electron chi connectivity index (χ4n) is 3.02. The van der Waals surface area contributed by atoms with Gasteiger partial charge in [0.15, 0.2) is 29.1 Å². The second kappa shape index (κ2) is 9.35. The lowest BCUT2D eigenvalue weighted by Gasteiger charge is -2.41. The molecule has 3 N–H and O–H groups in total. The van der Waals surface area contributed by atoms with Gasteiger partial charge in [-0.2, -0.15) is 4.98 Å². The summed E-state index contributed by atoms with van der Waals surface area (Å²) < 4.78 is 20.3. The van der Waals surface area contributed by atoms with Gasteiger partial charge in [-0.15, -0.1) is 0 Å². The number of nitrogens with zero attached hydrogens (tertiary/aromatic N) is 2. The number of hydrogen-bond donors (Lipinski definition) is 2. The van der Waals surface area contributed by atoms with Crippen LogP contribution in [0.5, 0.6) is 0 Å². The van der Waals surface area contributed by atoms with Crippen molar-refractivity contribution in [2.24, 2.45) is 0 Å². The van der Waals surface area contributed by atoms with Gasteiger partial charge >= 0.3 is 5.69 Å². The first-order valence-electron chi connectivity index (χ1n) is 11.3. The molecular formula is C22H41N3O6Si2. The molecule has 4 atom stereocenters. The second-order valence-electron chi connectivity index (χ2n) is 11.9. The molecule has 1 saturated heterocycles. The van der Waals surface area contributed by atoms with Gasteiger partial charge in [-0.05, 0) is 36.3 Å². The van der Waals surface area contributed by atoms with Crippen LogP contribution in [0.25, 0.3) is 0 Å². The van der Waals surface area contributed by atoms with Gasteiger partial charge in [0.2, 0.25) is 0 Å². The van der Waals surface area contributed by atoms with Gasteiger partial charge in [-0.25, -0.2) is 4.79 Å². The summed E-state index contributed by atoms with van der Waals surface area (Å²) in [6.45, 7) is 21.5. The Morgan fingerprint density at radius 3 is 2.18 bits per heavy atom. The van der Waals surface area contributed by atoms with Crippen molar-refractivity contribution in [2.45, 2.75) is 102 Å². The van der Waals surface area contributed by atoms with E-state index in [0.29, 0.717) is 6.29 Å². The highest BCUT2D eigenvalue weighted by Gasteiger charge is 2.51. The lowest BCUT2D eigenvalue weighted by Crippen LogP contribution is -2.51. The van der Waals surface area contributed by atoms with E-state index >= 15 is 0 Å². The SMILES string of the molecule is CC(C)(C)[Si](C)(C)OC[C@H]1O[C@@H](n2cc(C=O)c(N)nc2=O)[C@H](O)[C@@H]1O[Si](C)(C)C(C)(C)C. The summed E-state index contributed by atoms with van der Waals surface area (Å²) >= 11 is 0. The quantitative estimate of drug-likeness (QED) is 0.432. The molecular weight excluding hydrogens is 458 g/mol. The van der Waals surface area contributed by atoms with Crippen molar-refractivity contribution in [1.82, 2.24) is 9.55 Å². The van der Waals surface area contributed by atoms with Crippen LogP contribution in [0.15, 0.2) is 11.0 Å². The van der Waals surface area contributed by atoms with Gasteiger partial charge in [0, 0.05) is 6.20 Å². The zero-order valence-corrected chi connectivity index (χ0v) is 23.6. The van der Waals surface area contributed by atoms with Crippen LogP contribution in [-0.4, -0.2) is 62.5 Å². The highest BCUT2D eigenvalue weighted by atomic mass is 28.4. The van der Waals surface area contributed by atoms with Crippen molar-refractivity contribution in [3.05, 3.63) is 22.2 Å². The molecule has 0 aliphatic carbocycles. The number of aliphatic hydroxyl groups is 1. The van der Waals surface area contributed by atoms with Gasteiger partial charge in [-0.1, -0.05) is 41.5 Å². The minimum atomic E-state index is -2.30. The van der Waals surface area contributed by atoms with Gasteiger partial charge in [0.1, 0.15) is 24.1 Å². The van der Waals surface area contributed by atoms with Crippen molar-refractivity contribution in [3.63, 3.8) is 0 Å². The van der Waals surface area contributed by atoms with Gasteiger partial charge in [0.05, 0.1) is 12.2 Å². The molecule has 1 aromatic rings. The second-order valence-corrected chi connectivity index (χ2v) is 21.4. The number of hydrogen-bond acceptors (Lipinski definition) is 8. The lowest BCUT2D eigenvalue weighted by atomic mass is 10.1. The number of carbonyl (C=O) groups excluding carboxylic acids is 1. The Hall–Kier alpha value is -1.38. The van der Waals surface area contributed by atoms with E-state index < -0.39 is 46.9 Å². The van der Waals surface area contributed by atoms with Crippen LogP contribution in [0.2, 0.25) is 36.3 Å². The molecule has 1 aliphatic heterocycles. The van der Waals surface area contributed by atoms with E-state index in [1.807, 2.05) is 0 Å². The Labute approximate surface area is 198 Å². The first kappa shape index (κ1) is 27.9. The minimum Gasteiger partial charge on any atom is -0.414 e. The molecule has 1 fully saturated rings. The maximum atomic E-state index is 12.6. The van der Waals surface area contributed by atoms with E-state index in [4.69, 9.17) is 19.3 Å².